The van der Waals surface area contributed by atoms with Gasteiger partial charge in [-0.15, -0.1) is 0 Å². The second-order valence-electron chi connectivity index (χ2n) is 4.09. The van der Waals surface area contributed by atoms with E-state index in [-0.39, 0.29) is 6.04 Å². The molecule has 3 nitrogen and oxygen atoms in total. The monoisotopic (exact) mass is 241 g/mol. The molecule has 1 saturated carbocycles. The van der Waals surface area contributed by atoms with Crippen LogP contribution in [0.15, 0.2) is 12.1 Å². The van der Waals surface area contributed by atoms with Gasteiger partial charge in [-0.05, 0) is 30.4 Å². The molecule has 0 amide bonds. The summed E-state index contributed by atoms with van der Waals surface area (Å²) in [6.45, 7) is 0. The second kappa shape index (κ2) is 4.52. The van der Waals surface area contributed by atoms with Crippen molar-refractivity contribution in [3.05, 3.63) is 22.7 Å². The third kappa shape index (κ3) is 2.11. The van der Waals surface area contributed by atoms with Crippen LogP contribution in [0.4, 0.5) is 0 Å². The van der Waals surface area contributed by atoms with Crippen LogP contribution in [0.1, 0.15) is 24.4 Å². The Balaban J connectivity index is 2.37. The van der Waals surface area contributed by atoms with Crippen LogP contribution in [0.3, 0.4) is 0 Å². The molecular weight excluding hydrogens is 226 g/mol. The number of hydrogen-bond donors (Lipinski definition) is 1. The second-order valence-corrected chi connectivity index (χ2v) is 4.50. The van der Waals surface area contributed by atoms with E-state index >= 15 is 0 Å². The number of nitrogens with two attached hydrogens (primary N) is 1. The van der Waals surface area contributed by atoms with E-state index in [0.29, 0.717) is 22.4 Å². The average molecular weight is 242 g/mol. The minimum Gasteiger partial charge on any atom is -0.493 e. The molecule has 0 heterocycles. The quantitative estimate of drug-likeness (QED) is 0.882. The first-order chi connectivity index (χ1) is 7.67. The zero-order valence-corrected chi connectivity index (χ0v) is 10.3. The lowest BCUT2D eigenvalue weighted by Crippen LogP contribution is -2.13. The number of ether oxygens (including phenoxy) is 2. The molecule has 1 aliphatic carbocycles. The average Bonchev–Trinajstić information content (AvgIpc) is 3.11. The zero-order valence-electron chi connectivity index (χ0n) is 9.50. The molecule has 0 aromatic heterocycles. The van der Waals surface area contributed by atoms with E-state index < -0.39 is 0 Å². The van der Waals surface area contributed by atoms with E-state index in [2.05, 4.69) is 0 Å². The van der Waals surface area contributed by atoms with Crippen molar-refractivity contribution in [2.45, 2.75) is 18.9 Å². The fourth-order valence-electron chi connectivity index (χ4n) is 1.83. The Morgan fingerprint density at radius 2 is 1.81 bits per heavy atom. The van der Waals surface area contributed by atoms with Gasteiger partial charge in [0.15, 0.2) is 11.5 Å². The maximum atomic E-state index is 6.19. The number of halogens is 1. The predicted octanol–water partition coefficient (Wildman–Crippen LogP) is 2.77. The third-order valence-electron chi connectivity index (χ3n) is 2.99. The Kier molecular flexibility index (Phi) is 3.26. The summed E-state index contributed by atoms with van der Waals surface area (Å²) in [5.41, 5.74) is 7.08. The summed E-state index contributed by atoms with van der Waals surface area (Å²) in [6, 6.07) is 3.65. The molecular formula is C12H16ClNO2. The van der Waals surface area contributed by atoms with Crippen LogP contribution in [0.25, 0.3) is 0 Å². The summed E-state index contributed by atoms with van der Waals surface area (Å²) in [7, 11) is 3.20. The first-order valence-corrected chi connectivity index (χ1v) is 5.72. The molecule has 1 fully saturated rings. The van der Waals surface area contributed by atoms with E-state index in [1.54, 1.807) is 20.3 Å². The van der Waals surface area contributed by atoms with Gasteiger partial charge in [-0.25, -0.2) is 0 Å². The zero-order chi connectivity index (χ0) is 11.7. The van der Waals surface area contributed by atoms with Crippen molar-refractivity contribution < 1.29 is 9.47 Å². The van der Waals surface area contributed by atoms with Crippen molar-refractivity contribution in [3.63, 3.8) is 0 Å². The van der Waals surface area contributed by atoms with E-state index in [9.17, 15) is 0 Å². The van der Waals surface area contributed by atoms with Gasteiger partial charge in [-0.1, -0.05) is 11.6 Å². The Morgan fingerprint density at radius 1 is 1.25 bits per heavy atom. The summed E-state index contributed by atoms with van der Waals surface area (Å²) in [4.78, 5) is 0. The maximum absolute atomic E-state index is 6.19. The third-order valence-corrected chi connectivity index (χ3v) is 3.32. The van der Waals surface area contributed by atoms with Gasteiger partial charge in [-0.2, -0.15) is 0 Å². The number of rotatable bonds is 4. The van der Waals surface area contributed by atoms with Gasteiger partial charge in [0.2, 0.25) is 0 Å². The first kappa shape index (κ1) is 11.6. The minimum absolute atomic E-state index is 0.00676. The van der Waals surface area contributed by atoms with Crippen LogP contribution < -0.4 is 15.2 Å². The van der Waals surface area contributed by atoms with Gasteiger partial charge in [0.1, 0.15) is 0 Å². The molecule has 1 aromatic carbocycles. The molecule has 0 radical (unpaired) electrons. The Hall–Kier alpha value is -0.930. The highest BCUT2D eigenvalue weighted by Crippen LogP contribution is 2.44. The number of methoxy groups -OCH3 is 2. The number of hydrogen-bond acceptors (Lipinski definition) is 3. The van der Waals surface area contributed by atoms with Crippen LogP contribution in [0.2, 0.25) is 5.02 Å². The lowest BCUT2D eigenvalue weighted by Gasteiger charge is -2.16. The first-order valence-electron chi connectivity index (χ1n) is 5.34. The van der Waals surface area contributed by atoms with E-state index in [1.807, 2.05) is 6.07 Å². The molecule has 0 saturated heterocycles. The molecule has 16 heavy (non-hydrogen) atoms. The van der Waals surface area contributed by atoms with Crippen LogP contribution in [0.5, 0.6) is 11.5 Å². The molecule has 2 rings (SSSR count). The lowest BCUT2D eigenvalue weighted by atomic mass is 10.0. The van der Waals surface area contributed by atoms with Crippen LogP contribution >= 0.6 is 11.6 Å². The smallest absolute Gasteiger partial charge is 0.162 e. The molecule has 4 heteroatoms. The molecule has 1 aliphatic rings. The molecule has 1 aromatic rings. The van der Waals surface area contributed by atoms with E-state index in [0.717, 1.165) is 5.56 Å². The van der Waals surface area contributed by atoms with Crippen molar-refractivity contribution in [1.29, 1.82) is 0 Å². The maximum Gasteiger partial charge on any atom is 0.162 e. The molecule has 0 bridgehead atoms. The topological polar surface area (TPSA) is 44.5 Å². The van der Waals surface area contributed by atoms with Crippen LogP contribution in [-0.2, 0) is 0 Å². The van der Waals surface area contributed by atoms with Crippen LogP contribution in [0, 0.1) is 5.92 Å². The minimum atomic E-state index is 0.00676. The normalized spacial score (nSPS) is 17.0. The highest BCUT2D eigenvalue weighted by Gasteiger charge is 2.31. The van der Waals surface area contributed by atoms with Crippen molar-refractivity contribution in [2.24, 2.45) is 11.7 Å². The van der Waals surface area contributed by atoms with Gasteiger partial charge in [-0.3, -0.25) is 0 Å². The summed E-state index contributed by atoms with van der Waals surface area (Å²) in [6.07, 6.45) is 2.37. The van der Waals surface area contributed by atoms with Crippen molar-refractivity contribution in [3.8, 4) is 11.5 Å². The Bertz CT molecular complexity index is 391. The van der Waals surface area contributed by atoms with E-state index in [4.69, 9.17) is 26.8 Å². The number of benzene rings is 1. The molecule has 2 N–H and O–H groups in total. The van der Waals surface area contributed by atoms with Crippen molar-refractivity contribution in [1.82, 2.24) is 0 Å². The van der Waals surface area contributed by atoms with Gasteiger partial charge in [0, 0.05) is 17.1 Å². The standard InChI is InChI=1S/C12H16ClNO2/c1-15-10-5-8(12(14)7-3-4-7)9(13)6-11(10)16-2/h5-7,12H,3-4,14H2,1-2H3. The predicted molar refractivity (Wildman–Crippen MR) is 64.2 cm³/mol. The van der Waals surface area contributed by atoms with Gasteiger partial charge < -0.3 is 15.2 Å². The fraction of sp³-hybridized carbons (Fsp3) is 0.500. The summed E-state index contributed by atoms with van der Waals surface area (Å²) in [5.74, 6) is 1.88. The highest BCUT2D eigenvalue weighted by molar-refractivity contribution is 6.31. The molecule has 0 spiro atoms. The summed E-state index contributed by atoms with van der Waals surface area (Å²) in [5, 5.41) is 0.650. The summed E-state index contributed by atoms with van der Waals surface area (Å²) < 4.78 is 10.4. The Morgan fingerprint density at radius 3 is 2.31 bits per heavy atom. The molecule has 1 unspecified atom stereocenters. The highest BCUT2D eigenvalue weighted by atomic mass is 35.5. The summed E-state index contributed by atoms with van der Waals surface area (Å²) >= 11 is 6.19. The van der Waals surface area contributed by atoms with Gasteiger partial charge >= 0.3 is 0 Å². The lowest BCUT2D eigenvalue weighted by molar-refractivity contribution is 0.354. The van der Waals surface area contributed by atoms with Crippen LogP contribution in [-0.4, -0.2) is 14.2 Å². The van der Waals surface area contributed by atoms with Gasteiger partial charge in [0.05, 0.1) is 14.2 Å². The largest absolute Gasteiger partial charge is 0.493 e. The van der Waals surface area contributed by atoms with Crippen molar-refractivity contribution in [2.75, 3.05) is 14.2 Å². The Labute approximate surface area is 100 Å². The SMILES string of the molecule is COc1cc(Cl)c(C(N)C2CC2)cc1OC. The molecule has 88 valence electrons. The van der Waals surface area contributed by atoms with Gasteiger partial charge in [0.25, 0.3) is 0 Å². The fourth-order valence-corrected chi connectivity index (χ4v) is 2.11. The molecule has 0 aliphatic heterocycles. The molecule has 1 atom stereocenters. The van der Waals surface area contributed by atoms with E-state index in [1.165, 1.54) is 12.8 Å². The van der Waals surface area contributed by atoms with Crippen molar-refractivity contribution >= 4 is 11.6 Å².